The maximum absolute atomic E-state index is 13.2. The molecule has 0 saturated heterocycles. The van der Waals surface area contributed by atoms with Gasteiger partial charge < -0.3 is 19.5 Å². The Morgan fingerprint density at radius 3 is 2.80 bits per heavy atom. The van der Waals surface area contributed by atoms with E-state index in [-0.39, 0.29) is 18.0 Å². The number of halogens is 1. The molecule has 3 unspecified atom stereocenters. The van der Waals surface area contributed by atoms with Crippen molar-refractivity contribution in [1.82, 2.24) is 5.32 Å². The Bertz CT molecular complexity index is 441. The summed E-state index contributed by atoms with van der Waals surface area (Å²) in [5.74, 6) is 0.468. The third kappa shape index (κ3) is 3.48. The van der Waals surface area contributed by atoms with Crippen LogP contribution in [-0.4, -0.2) is 45.6 Å². The normalized spacial score (nSPS) is 25.3. The van der Waals surface area contributed by atoms with Crippen molar-refractivity contribution in [3.8, 4) is 5.75 Å². The van der Waals surface area contributed by atoms with Crippen LogP contribution in [0.3, 0.4) is 0 Å². The molecule has 112 valence electrons. The minimum Gasteiger partial charge on any atom is -0.488 e. The molecule has 0 bridgehead atoms. The van der Waals surface area contributed by atoms with Crippen LogP contribution in [0.15, 0.2) is 18.2 Å². The molecule has 3 atom stereocenters. The molecule has 0 amide bonds. The highest BCUT2D eigenvalue weighted by Gasteiger charge is 2.43. The molecular weight excluding hydrogens is 261 g/mol. The van der Waals surface area contributed by atoms with Crippen molar-refractivity contribution in [3.63, 3.8) is 0 Å². The van der Waals surface area contributed by atoms with E-state index in [2.05, 4.69) is 5.32 Å². The van der Waals surface area contributed by atoms with Crippen LogP contribution in [0, 0.1) is 12.7 Å². The standard InChI is InChI=1S/C15H22FNO3/c1-10-8-11(4-5-12(10)16)20-14-9-13(17-2)15(14)19-7-6-18-3/h4-5,8,13-15,17H,6-7,9H2,1-3H3. The predicted octanol–water partition coefficient (Wildman–Crippen LogP) is 1.90. The van der Waals surface area contributed by atoms with Crippen molar-refractivity contribution in [1.29, 1.82) is 0 Å². The average Bonchev–Trinajstić information content (AvgIpc) is 2.43. The predicted molar refractivity (Wildman–Crippen MR) is 74.6 cm³/mol. The number of hydrogen-bond acceptors (Lipinski definition) is 4. The van der Waals surface area contributed by atoms with E-state index in [1.807, 2.05) is 7.05 Å². The molecule has 1 saturated carbocycles. The van der Waals surface area contributed by atoms with E-state index >= 15 is 0 Å². The van der Waals surface area contributed by atoms with Crippen molar-refractivity contribution < 1.29 is 18.6 Å². The number of rotatable bonds is 7. The average molecular weight is 283 g/mol. The van der Waals surface area contributed by atoms with Crippen LogP contribution in [0.2, 0.25) is 0 Å². The summed E-state index contributed by atoms with van der Waals surface area (Å²) in [5, 5.41) is 3.21. The second-order valence-corrected chi connectivity index (χ2v) is 5.03. The van der Waals surface area contributed by atoms with Crippen molar-refractivity contribution in [2.75, 3.05) is 27.4 Å². The maximum Gasteiger partial charge on any atom is 0.128 e. The van der Waals surface area contributed by atoms with Gasteiger partial charge in [0.25, 0.3) is 0 Å². The van der Waals surface area contributed by atoms with Crippen molar-refractivity contribution in [2.45, 2.75) is 31.6 Å². The van der Waals surface area contributed by atoms with E-state index in [9.17, 15) is 4.39 Å². The second kappa shape index (κ2) is 7.02. The van der Waals surface area contributed by atoms with E-state index in [4.69, 9.17) is 14.2 Å². The highest BCUT2D eigenvalue weighted by atomic mass is 19.1. The first-order valence-electron chi connectivity index (χ1n) is 6.86. The molecule has 0 radical (unpaired) electrons. The molecule has 4 nitrogen and oxygen atoms in total. The molecule has 1 aliphatic rings. The fourth-order valence-corrected chi connectivity index (χ4v) is 2.34. The molecule has 0 heterocycles. The smallest absolute Gasteiger partial charge is 0.128 e. The van der Waals surface area contributed by atoms with Crippen LogP contribution in [0.4, 0.5) is 4.39 Å². The summed E-state index contributed by atoms with van der Waals surface area (Å²) in [6.45, 7) is 2.84. The van der Waals surface area contributed by atoms with Gasteiger partial charge in [0.1, 0.15) is 23.8 Å². The van der Waals surface area contributed by atoms with Gasteiger partial charge in [0.15, 0.2) is 0 Å². The highest BCUT2D eigenvalue weighted by Crippen LogP contribution is 2.29. The molecule has 1 aromatic carbocycles. The van der Waals surface area contributed by atoms with E-state index in [0.29, 0.717) is 30.6 Å². The molecule has 1 fully saturated rings. The minimum absolute atomic E-state index is 0.000471. The van der Waals surface area contributed by atoms with E-state index in [0.717, 1.165) is 6.42 Å². The van der Waals surface area contributed by atoms with Crippen molar-refractivity contribution >= 4 is 0 Å². The van der Waals surface area contributed by atoms with Crippen molar-refractivity contribution in [2.24, 2.45) is 0 Å². The molecule has 5 heteroatoms. The Balaban J connectivity index is 1.92. The first kappa shape index (κ1) is 15.2. The van der Waals surface area contributed by atoms with Gasteiger partial charge >= 0.3 is 0 Å². The Hall–Kier alpha value is -1.17. The fourth-order valence-electron chi connectivity index (χ4n) is 2.34. The van der Waals surface area contributed by atoms with Crippen molar-refractivity contribution in [3.05, 3.63) is 29.6 Å². The van der Waals surface area contributed by atoms with Gasteiger partial charge in [0.05, 0.1) is 13.2 Å². The lowest BCUT2D eigenvalue weighted by molar-refractivity contribution is -0.114. The molecule has 20 heavy (non-hydrogen) atoms. The minimum atomic E-state index is -0.216. The lowest BCUT2D eigenvalue weighted by Crippen LogP contribution is -2.60. The third-order valence-electron chi connectivity index (χ3n) is 3.63. The van der Waals surface area contributed by atoms with Crippen LogP contribution in [0.5, 0.6) is 5.75 Å². The lowest BCUT2D eigenvalue weighted by Gasteiger charge is -2.43. The number of hydrogen-bond donors (Lipinski definition) is 1. The van der Waals surface area contributed by atoms with E-state index < -0.39 is 0 Å². The van der Waals surface area contributed by atoms with Gasteiger partial charge in [-0.15, -0.1) is 0 Å². The lowest BCUT2D eigenvalue weighted by atomic mass is 9.85. The van der Waals surface area contributed by atoms with Gasteiger partial charge in [-0.25, -0.2) is 4.39 Å². The summed E-state index contributed by atoms with van der Waals surface area (Å²) in [5.41, 5.74) is 0.587. The molecule has 0 spiro atoms. The molecule has 0 aliphatic heterocycles. The molecule has 1 N–H and O–H groups in total. The Morgan fingerprint density at radius 1 is 1.35 bits per heavy atom. The molecule has 0 aromatic heterocycles. The van der Waals surface area contributed by atoms with Crippen LogP contribution in [-0.2, 0) is 9.47 Å². The largest absolute Gasteiger partial charge is 0.488 e. The quantitative estimate of drug-likeness (QED) is 0.776. The summed E-state index contributed by atoms with van der Waals surface area (Å²) in [6, 6.07) is 5.09. The zero-order valence-corrected chi connectivity index (χ0v) is 12.2. The highest BCUT2D eigenvalue weighted by molar-refractivity contribution is 5.29. The zero-order chi connectivity index (χ0) is 14.5. The summed E-state index contributed by atoms with van der Waals surface area (Å²) < 4.78 is 29.9. The number of ether oxygens (including phenoxy) is 3. The third-order valence-corrected chi connectivity index (χ3v) is 3.63. The SMILES string of the molecule is CNC1CC(Oc2ccc(F)c(C)c2)C1OCCOC. The van der Waals surface area contributed by atoms with Gasteiger partial charge in [-0.3, -0.25) is 0 Å². The monoisotopic (exact) mass is 283 g/mol. The van der Waals surface area contributed by atoms with Crippen LogP contribution in [0.25, 0.3) is 0 Å². The number of nitrogens with one attached hydrogen (secondary N) is 1. The van der Waals surface area contributed by atoms with Gasteiger partial charge in [-0.2, -0.15) is 0 Å². The van der Waals surface area contributed by atoms with Gasteiger partial charge in [0, 0.05) is 19.6 Å². The molecule has 2 rings (SSSR count). The Labute approximate surface area is 119 Å². The van der Waals surface area contributed by atoms with Gasteiger partial charge in [0.2, 0.25) is 0 Å². The topological polar surface area (TPSA) is 39.7 Å². The summed E-state index contributed by atoms with van der Waals surface area (Å²) in [7, 11) is 3.56. The molecule has 1 aliphatic carbocycles. The zero-order valence-electron chi connectivity index (χ0n) is 12.2. The summed E-state index contributed by atoms with van der Waals surface area (Å²) in [4.78, 5) is 0. The number of aryl methyl sites for hydroxylation is 1. The fraction of sp³-hybridized carbons (Fsp3) is 0.600. The summed E-state index contributed by atoms with van der Waals surface area (Å²) >= 11 is 0. The van der Waals surface area contributed by atoms with E-state index in [1.165, 1.54) is 6.07 Å². The second-order valence-electron chi connectivity index (χ2n) is 5.03. The first-order chi connectivity index (χ1) is 9.65. The van der Waals surface area contributed by atoms with E-state index in [1.54, 1.807) is 26.2 Å². The van der Waals surface area contributed by atoms with Gasteiger partial charge in [-0.05, 0) is 37.7 Å². The maximum atomic E-state index is 13.2. The van der Waals surface area contributed by atoms with Crippen LogP contribution >= 0.6 is 0 Å². The number of benzene rings is 1. The Kier molecular flexibility index (Phi) is 5.34. The number of likely N-dealkylation sites (N-methyl/N-ethyl adjacent to an activating group) is 1. The number of methoxy groups -OCH3 is 1. The summed E-state index contributed by atoms with van der Waals surface area (Å²) in [6.07, 6.45) is 0.875. The molecular formula is C15H22FNO3. The Morgan fingerprint density at radius 2 is 2.15 bits per heavy atom. The molecule has 1 aromatic rings. The van der Waals surface area contributed by atoms with Gasteiger partial charge in [-0.1, -0.05) is 0 Å². The van der Waals surface area contributed by atoms with Crippen LogP contribution < -0.4 is 10.1 Å². The first-order valence-corrected chi connectivity index (χ1v) is 6.86. The van der Waals surface area contributed by atoms with Crippen LogP contribution in [0.1, 0.15) is 12.0 Å².